The van der Waals surface area contributed by atoms with Crippen LogP contribution in [0, 0.1) is 0 Å². The van der Waals surface area contributed by atoms with E-state index in [2.05, 4.69) is 0 Å². The van der Waals surface area contributed by atoms with Gasteiger partial charge in [-0.2, -0.15) is 0 Å². The molecule has 1 rings (SSSR count). The lowest BCUT2D eigenvalue weighted by molar-refractivity contribution is -0.119. The molecule has 106 valence electrons. The fourth-order valence-corrected chi connectivity index (χ4v) is 1.71. The SMILES string of the molecule is COc1cc(CC(C)N)cc(OC)c1OCC(N)=O. The van der Waals surface area contributed by atoms with Crippen molar-refractivity contribution in [2.24, 2.45) is 11.5 Å². The molecule has 4 N–H and O–H groups in total. The smallest absolute Gasteiger partial charge is 0.255 e. The number of benzene rings is 1. The lowest BCUT2D eigenvalue weighted by Crippen LogP contribution is -2.21. The van der Waals surface area contributed by atoms with Crippen LogP contribution in [0.2, 0.25) is 0 Å². The first-order chi connectivity index (χ1) is 8.97. The third kappa shape index (κ3) is 4.33. The summed E-state index contributed by atoms with van der Waals surface area (Å²) in [5.74, 6) is 0.758. The van der Waals surface area contributed by atoms with E-state index in [1.807, 2.05) is 19.1 Å². The van der Waals surface area contributed by atoms with Crippen LogP contribution >= 0.6 is 0 Å². The zero-order chi connectivity index (χ0) is 14.4. The van der Waals surface area contributed by atoms with Gasteiger partial charge in [0.05, 0.1) is 14.2 Å². The van der Waals surface area contributed by atoms with E-state index in [-0.39, 0.29) is 12.6 Å². The molecule has 1 aromatic carbocycles. The van der Waals surface area contributed by atoms with Crippen molar-refractivity contribution in [3.63, 3.8) is 0 Å². The number of amides is 1. The van der Waals surface area contributed by atoms with Crippen LogP contribution < -0.4 is 25.7 Å². The molecule has 1 amide bonds. The Balaban J connectivity index is 3.09. The summed E-state index contributed by atoms with van der Waals surface area (Å²) in [5.41, 5.74) is 11.8. The van der Waals surface area contributed by atoms with Gasteiger partial charge in [0.25, 0.3) is 5.91 Å². The molecule has 0 saturated heterocycles. The highest BCUT2D eigenvalue weighted by atomic mass is 16.5. The summed E-state index contributed by atoms with van der Waals surface area (Å²) in [4.78, 5) is 10.8. The van der Waals surface area contributed by atoms with Crippen LogP contribution in [-0.4, -0.2) is 32.8 Å². The molecule has 6 nitrogen and oxygen atoms in total. The number of rotatable bonds is 7. The molecule has 0 aromatic heterocycles. The van der Waals surface area contributed by atoms with Gasteiger partial charge in [-0.3, -0.25) is 4.79 Å². The van der Waals surface area contributed by atoms with Gasteiger partial charge in [0.2, 0.25) is 5.75 Å². The summed E-state index contributed by atoms with van der Waals surface area (Å²) in [6.07, 6.45) is 0.683. The fraction of sp³-hybridized carbons (Fsp3) is 0.462. The van der Waals surface area contributed by atoms with Gasteiger partial charge in [0, 0.05) is 6.04 Å². The van der Waals surface area contributed by atoms with Gasteiger partial charge in [-0.25, -0.2) is 0 Å². The highest BCUT2D eigenvalue weighted by Crippen LogP contribution is 2.38. The van der Waals surface area contributed by atoms with E-state index < -0.39 is 5.91 Å². The van der Waals surface area contributed by atoms with Gasteiger partial charge in [-0.15, -0.1) is 0 Å². The second-order valence-electron chi connectivity index (χ2n) is 4.27. The second kappa shape index (κ2) is 6.84. The predicted octanol–water partition coefficient (Wildman–Crippen LogP) is 0.458. The third-order valence-corrected chi connectivity index (χ3v) is 2.44. The minimum absolute atomic E-state index is 0.0202. The molecular formula is C13H20N2O4. The highest BCUT2D eigenvalue weighted by Gasteiger charge is 2.15. The molecule has 0 heterocycles. The predicted molar refractivity (Wildman–Crippen MR) is 71.6 cm³/mol. The van der Waals surface area contributed by atoms with Gasteiger partial charge in [0.15, 0.2) is 18.1 Å². The van der Waals surface area contributed by atoms with Crippen molar-refractivity contribution in [1.82, 2.24) is 0 Å². The van der Waals surface area contributed by atoms with E-state index >= 15 is 0 Å². The highest BCUT2D eigenvalue weighted by molar-refractivity contribution is 5.75. The molecule has 1 atom stereocenters. The molecule has 1 aromatic rings. The summed E-state index contributed by atoms with van der Waals surface area (Å²) in [7, 11) is 3.03. The topological polar surface area (TPSA) is 96.8 Å². The monoisotopic (exact) mass is 268 g/mol. The molecule has 0 radical (unpaired) electrons. The number of methoxy groups -OCH3 is 2. The summed E-state index contributed by atoms with van der Waals surface area (Å²) >= 11 is 0. The van der Waals surface area contributed by atoms with Crippen molar-refractivity contribution in [2.75, 3.05) is 20.8 Å². The standard InChI is InChI=1S/C13H20N2O4/c1-8(14)4-9-5-10(17-2)13(11(6-9)18-3)19-7-12(15)16/h5-6,8H,4,7,14H2,1-3H3,(H2,15,16). The zero-order valence-electron chi connectivity index (χ0n) is 11.4. The van der Waals surface area contributed by atoms with Crippen LogP contribution in [0.4, 0.5) is 0 Å². The first-order valence-electron chi connectivity index (χ1n) is 5.89. The molecule has 0 aliphatic rings. The van der Waals surface area contributed by atoms with Crippen LogP contribution in [0.25, 0.3) is 0 Å². The van der Waals surface area contributed by atoms with Gasteiger partial charge >= 0.3 is 0 Å². The average Bonchev–Trinajstić information content (AvgIpc) is 2.35. The number of nitrogens with two attached hydrogens (primary N) is 2. The first kappa shape index (κ1) is 15.1. The molecule has 0 spiro atoms. The van der Waals surface area contributed by atoms with Crippen molar-refractivity contribution < 1.29 is 19.0 Å². The molecular weight excluding hydrogens is 248 g/mol. The fourth-order valence-electron chi connectivity index (χ4n) is 1.71. The van der Waals surface area contributed by atoms with E-state index in [1.54, 1.807) is 0 Å². The molecule has 0 saturated carbocycles. The third-order valence-electron chi connectivity index (χ3n) is 2.44. The summed E-state index contributed by atoms with van der Waals surface area (Å²) in [5, 5.41) is 0. The largest absolute Gasteiger partial charge is 0.493 e. The van der Waals surface area contributed by atoms with E-state index in [9.17, 15) is 4.79 Å². The van der Waals surface area contributed by atoms with Crippen molar-refractivity contribution in [3.05, 3.63) is 17.7 Å². The van der Waals surface area contributed by atoms with Crippen molar-refractivity contribution >= 4 is 5.91 Å². The number of carbonyl (C=O) groups is 1. The van der Waals surface area contributed by atoms with Gasteiger partial charge in [0.1, 0.15) is 0 Å². The van der Waals surface area contributed by atoms with E-state index in [1.165, 1.54) is 14.2 Å². The molecule has 19 heavy (non-hydrogen) atoms. The molecule has 0 bridgehead atoms. The summed E-state index contributed by atoms with van der Waals surface area (Å²) in [6.45, 7) is 1.68. The Morgan fingerprint density at radius 3 is 2.16 bits per heavy atom. The van der Waals surface area contributed by atoms with Crippen molar-refractivity contribution in [3.8, 4) is 17.2 Å². The number of carbonyl (C=O) groups excluding carboxylic acids is 1. The van der Waals surface area contributed by atoms with Crippen LogP contribution in [0.15, 0.2) is 12.1 Å². The van der Waals surface area contributed by atoms with Crippen LogP contribution in [0.5, 0.6) is 17.2 Å². The molecule has 0 aliphatic carbocycles. The Labute approximate surface area is 112 Å². The van der Waals surface area contributed by atoms with E-state index in [4.69, 9.17) is 25.7 Å². The minimum Gasteiger partial charge on any atom is -0.493 e. The quantitative estimate of drug-likeness (QED) is 0.748. The Kier molecular flexibility index (Phi) is 5.44. The molecule has 1 unspecified atom stereocenters. The maximum atomic E-state index is 10.8. The second-order valence-corrected chi connectivity index (χ2v) is 4.27. The van der Waals surface area contributed by atoms with Crippen LogP contribution in [0.1, 0.15) is 12.5 Å². The number of primary amides is 1. The number of hydrogen-bond acceptors (Lipinski definition) is 5. The average molecular weight is 268 g/mol. The van der Waals surface area contributed by atoms with Crippen LogP contribution in [0.3, 0.4) is 0 Å². The zero-order valence-corrected chi connectivity index (χ0v) is 11.4. The Morgan fingerprint density at radius 1 is 1.26 bits per heavy atom. The molecule has 0 fully saturated rings. The normalized spacial score (nSPS) is 11.8. The van der Waals surface area contributed by atoms with Gasteiger partial charge in [-0.05, 0) is 31.0 Å². The number of ether oxygens (including phenoxy) is 3. The summed E-state index contributed by atoms with van der Waals surface area (Å²) < 4.78 is 15.8. The van der Waals surface area contributed by atoms with Crippen LogP contribution in [-0.2, 0) is 11.2 Å². The minimum atomic E-state index is -0.566. The Bertz CT molecular complexity index is 421. The van der Waals surface area contributed by atoms with Gasteiger partial charge in [-0.1, -0.05) is 0 Å². The molecule has 6 heteroatoms. The van der Waals surface area contributed by atoms with Crippen molar-refractivity contribution in [2.45, 2.75) is 19.4 Å². The Hall–Kier alpha value is -1.95. The number of hydrogen-bond donors (Lipinski definition) is 2. The molecule has 0 aliphatic heterocycles. The lowest BCUT2D eigenvalue weighted by atomic mass is 10.1. The lowest BCUT2D eigenvalue weighted by Gasteiger charge is -2.16. The maximum Gasteiger partial charge on any atom is 0.255 e. The van der Waals surface area contributed by atoms with E-state index in [0.29, 0.717) is 23.7 Å². The Morgan fingerprint density at radius 2 is 1.79 bits per heavy atom. The van der Waals surface area contributed by atoms with Crippen molar-refractivity contribution in [1.29, 1.82) is 0 Å². The first-order valence-corrected chi connectivity index (χ1v) is 5.89. The summed E-state index contributed by atoms with van der Waals surface area (Å²) in [6, 6.07) is 3.64. The van der Waals surface area contributed by atoms with Gasteiger partial charge < -0.3 is 25.7 Å². The van der Waals surface area contributed by atoms with E-state index in [0.717, 1.165) is 5.56 Å². The maximum absolute atomic E-state index is 10.8.